The predicted octanol–water partition coefficient (Wildman–Crippen LogP) is -0.480. The fourth-order valence-electron chi connectivity index (χ4n) is 2.26. The lowest BCUT2D eigenvalue weighted by atomic mass is 10.0. The Bertz CT molecular complexity index is 604. The van der Waals surface area contributed by atoms with Crippen molar-refractivity contribution in [2.45, 2.75) is 31.2 Å². The van der Waals surface area contributed by atoms with E-state index in [1.165, 1.54) is 6.92 Å². The Morgan fingerprint density at radius 1 is 1.60 bits per heavy atom. The van der Waals surface area contributed by atoms with Crippen LogP contribution in [0.4, 0.5) is 0 Å². The number of ether oxygens (including phenoxy) is 1. The molecule has 1 fully saturated rings. The molecule has 2 atom stereocenters. The van der Waals surface area contributed by atoms with Gasteiger partial charge in [0, 0.05) is 18.6 Å². The average molecular weight is 302 g/mol. The molecule has 2 rings (SSSR count). The van der Waals surface area contributed by atoms with Crippen molar-refractivity contribution in [2.24, 2.45) is 11.1 Å². The molecule has 0 spiro atoms. The van der Waals surface area contributed by atoms with E-state index in [4.69, 9.17) is 9.88 Å². The summed E-state index contributed by atoms with van der Waals surface area (Å²) in [7, 11) is -4.00. The lowest BCUT2D eigenvalue weighted by Gasteiger charge is -2.18. The fourth-order valence-corrected chi connectivity index (χ4v) is 3.14. The summed E-state index contributed by atoms with van der Waals surface area (Å²) in [5, 5.41) is 14.1. The molecule has 1 aromatic heterocycles. The summed E-state index contributed by atoms with van der Waals surface area (Å²) >= 11 is 0. The minimum atomic E-state index is -4.00. The molecule has 112 valence electrons. The number of primary sulfonamides is 1. The zero-order valence-electron chi connectivity index (χ0n) is 11.3. The number of nitrogens with two attached hydrogens (primary N) is 1. The van der Waals surface area contributed by atoms with Gasteiger partial charge in [-0.2, -0.15) is 5.10 Å². The van der Waals surface area contributed by atoms with Gasteiger partial charge >= 0.3 is 0 Å². The van der Waals surface area contributed by atoms with E-state index in [2.05, 4.69) is 15.5 Å². The molecule has 0 saturated carbocycles. The lowest BCUT2D eigenvalue weighted by Crippen LogP contribution is -2.39. The van der Waals surface area contributed by atoms with Gasteiger partial charge in [-0.1, -0.05) is 0 Å². The van der Waals surface area contributed by atoms with Crippen LogP contribution in [0.1, 0.15) is 29.5 Å². The largest absolute Gasteiger partial charge is 0.381 e. The van der Waals surface area contributed by atoms with Crippen LogP contribution in [0.5, 0.6) is 0 Å². The third-order valence-electron chi connectivity index (χ3n) is 3.42. The second-order valence-electron chi connectivity index (χ2n) is 4.96. The number of H-pyrrole nitrogens is 1. The molecule has 20 heavy (non-hydrogen) atoms. The Kier molecular flexibility index (Phi) is 4.11. The fraction of sp³-hybridized carbons (Fsp3) is 0.636. The smallest absolute Gasteiger partial charge is 0.273 e. The molecule has 1 aliphatic heterocycles. The topological polar surface area (TPSA) is 127 Å². The van der Waals surface area contributed by atoms with Crippen LogP contribution in [0.2, 0.25) is 0 Å². The molecule has 0 radical (unpaired) electrons. The van der Waals surface area contributed by atoms with Gasteiger partial charge < -0.3 is 10.1 Å². The molecule has 9 heteroatoms. The molecule has 0 aromatic carbocycles. The van der Waals surface area contributed by atoms with Crippen molar-refractivity contribution in [3.8, 4) is 0 Å². The van der Waals surface area contributed by atoms with E-state index in [9.17, 15) is 13.2 Å². The molecule has 1 aliphatic rings. The Morgan fingerprint density at radius 3 is 2.85 bits per heavy atom. The van der Waals surface area contributed by atoms with Crippen molar-refractivity contribution in [1.82, 2.24) is 15.5 Å². The predicted molar refractivity (Wildman–Crippen MR) is 70.6 cm³/mol. The van der Waals surface area contributed by atoms with Crippen molar-refractivity contribution in [3.63, 3.8) is 0 Å². The second kappa shape index (κ2) is 5.51. The number of rotatable bonds is 4. The molecular formula is C11H18N4O4S. The van der Waals surface area contributed by atoms with E-state index in [1.54, 1.807) is 0 Å². The number of hydrogen-bond acceptors (Lipinski definition) is 5. The highest BCUT2D eigenvalue weighted by molar-refractivity contribution is 7.89. The quantitative estimate of drug-likeness (QED) is 0.692. The van der Waals surface area contributed by atoms with Crippen LogP contribution in [0.15, 0.2) is 4.90 Å². The van der Waals surface area contributed by atoms with E-state index in [1.807, 2.05) is 6.92 Å². The zero-order chi connectivity index (χ0) is 14.9. The Labute approximate surface area is 117 Å². The Morgan fingerprint density at radius 2 is 2.30 bits per heavy atom. The molecule has 2 unspecified atom stereocenters. The number of hydrogen-bond donors (Lipinski definition) is 3. The first kappa shape index (κ1) is 14.9. The standard InChI is InChI=1S/C11H18N4O4S/c1-6(8-3-4-19-5-8)13-11(16)9-10(20(12,17)18)7(2)14-15-9/h6,8H,3-5H2,1-2H3,(H,13,16)(H,14,15)(H2,12,17,18). The van der Waals surface area contributed by atoms with Gasteiger partial charge in [0.15, 0.2) is 5.69 Å². The number of nitrogens with one attached hydrogen (secondary N) is 2. The van der Waals surface area contributed by atoms with Gasteiger partial charge in [0.2, 0.25) is 10.0 Å². The third kappa shape index (κ3) is 3.00. The third-order valence-corrected chi connectivity index (χ3v) is 4.49. The van der Waals surface area contributed by atoms with Crippen molar-refractivity contribution < 1.29 is 17.9 Å². The number of aromatic nitrogens is 2. The summed E-state index contributed by atoms with van der Waals surface area (Å²) in [5.41, 5.74) is 0.0465. The van der Waals surface area contributed by atoms with Crippen molar-refractivity contribution in [1.29, 1.82) is 0 Å². The van der Waals surface area contributed by atoms with Crippen LogP contribution >= 0.6 is 0 Å². The summed E-state index contributed by atoms with van der Waals surface area (Å²) in [6.07, 6.45) is 0.864. The second-order valence-corrected chi connectivity index (χ2v) is 6.46. The Hall–Kier alpha value is -1.45. The van der Waals surface area contributed by atoms with Crippen molar-refractivity contribution in [3.05, 3.63) is 11.4 Å². The normalized spacial score (nSPS) is 20.9. The van der Waals surface area contributed by atoms with E-state index in [0.29, 0.717) is 13.2 Å². The molecule has 2 heterocycles. The van der Waals surface area contributed by atoms with Crippen LogP contribution in [0, 0.1) is 12.8 Å². The number of sulfonamides is 1. The Balaban J connectivity index is 2.18. The summed E-state index contributed by atoms with van der Waals surface area (Å²) in [5.74, 6) is -0.338. The van der Waals surface area contributed by atoms with E-state index in [0.717, 1.165) is 6.42 Å². The van der Waals surface area contributed by atoms with Gasteiger partial charge in [-0.25, -0.2) is 13.6 Å². The van der Waals surface area contributed by atoms with Crippen molar-refractivity contribution >= 4 is 15.9 Å². The van der Waals surface area contributed by atoms with Crippen molar-refractivity contribution in [2.75, 3.05) is 13.2 Å². The minimum Gasteiger partial charge on any atom is -0.381 e. The highest BCUT2D eigenvalue weighted by atomic mass is 32.2. The molecule has 4 N–H and O–H groups in total. The number of aryl methyl sites for hydroxylation is 1. The highest BCUT2D eigenvalue weighted by Crippen LogP contribution is 2.19. The maximum Gasteiger partial charge on any atom is 0.273 e. The minimum absolute atomic E-state index is 0.129. The van der Waals surface area contributed by atoms with E-state index >= 15 is 0 Å². The van der Waals surface area contributed by atoms with Crippen LogP contribution in [0.25, 0.3) is 0 Å². The summed E-state index contributed by atoms with van der Waals surface area (Å²) in [6, 6.07) is -0.129. The van der Waals surface area contributed by atoms with E-state index in [-0.39, 0.29) is 28.2 Å². The van der Waals surface area contributed by atoms with Crippen LogP contribution in [0.3, 0.4) is 0 Å². The molecule has 1 amide bonds. The lowest BCUT2D eigenvalue weighted by molar-refractivity contribution is 0.0913. The van der Waals surface area contributed by atoms with Gasteiger partial charge in [0.25, 0.3) is 5.91 Å². The van der Waals surface area contributed by atoms with Gasteiger partial charge in [-0.15, -0.1) is 0 Å². The SMILES string of the molecule is Cc1[nH]nc(C(=O)NC(C)C2CCOC2)c1S(N)(=O)=O. The van der Waals surface area contributed by atoms with E-state index < -0.39 is 15.9 Å². The number of nitrogens with zero attached hydrogens (tertiary/aromatic N) is 1. The summed E-state index contributed by atoms with van der Waals surface area (Å²) in [4.78, 5) is 11.9. The number of aromatic amines is 1. The van der Waals surface area contributed by atoms with Gasteiger partial charge in [-0.05, 0) is 20.3 Å². The first-order valence-corrected chi connectivity index (χ1v) is 7.81. The highest BCUT2D eigenvalue weighted by Gasteiger charge is 2.29. The first-order valence-electron chi connectivity index (χ1n) is 6.27. The zero-order valence-corrected chi connectivity index (χ0v) is 12.2. The molecule has 0 aliphatic carbocycles. The average Bonchev–Trinajstić information content (AvgIpc) is 2.95. The first-order chi connectivity index (χ1) is 9.30. The van der Waals surface area contributed by atoms with Gasteiger partial charge in [0.1, 0.15) is 4.90 Å². The maximum absolute atomic E-state index is 12.1. The number of carbonyl (C=O) groups excluding carboxylic acids is 1. The molecule has 8 nitrogen and oxygen atoms in total. The molecule has 1 saturated heterocycles. The van der Waals surface area contributed by atoms with Crippen LogP contribution in [-0.2, 0) is 14.8 Å². The maximum atomic E-state index is 12.1. The number of carbonyl (C=O) groups is 1. The van der Waals surface area contributed by atoms with Gasteiger partial charge in [0.05, 0.1) is 12.3 Å². The summed E-state index contributed by atoms with van der Waals surface area (Å²) in [6.45, 7) is 4.61. The van der Waals surface area contributed by atoms with Crippen LogP contribution in [-0.4, -0.2) is 43.8 Å². The molecular weight excluding hydrogens is 284 g/mol. The monoisotopic (exact) mass is 302 g/mol. The molecule has 1 aromatic rings. The van der Waals surface area contributed by atoms with Gasteiger partial charge in [-0.3, -0.25) is 9.89 Å². The number of amides is 1. The molecule has 0 bridgehead atoms. The van der Waals surface area contributed by atoms with Crippen LogP contribution < -0.4 is 10.5 Å². The summed E-state index contributed by atoms with van der Waals surface area (Å²) < 4.78 is 28.3.